The molecule has 1 aliphatic heterocycles. The van der Waals surface area contributed by atoms with Gasteiger partial charge in [0.25, 0.3) is 0 Å². The molecule has 2 aromatic rings. The number of likely N-dealkylation sites (tertiary alicyclic amines) is 1. The third-order valence-corrected chi connectivity index (χ3v) is 8.18. The largest absolute Gasteiger partial charge is 0.508 e. The van der Waals surface area contributed by atoms with E-state index in [0.29, 0.717) is 31.2 Å². The number of rotatable bonds is 12. The van der Waals surface area contributed by atoms with Gasteiger partial charge in [0.05, 0.1) is 7.11 Å². The zero-order chi connectivity index (χ0) is 29.3. The van der Waals surface area contributed by atoms with E-state index in [9.17, 15) is 19.5 Å². The van der Waals surface area contributed by atoms with Gasteiger partial charge in [-0.1, -0.05) is 58.0 Å². The number of methoxy groups -OCH3 is 1. The molecule has 2 amide bonds. The Labute approximate surface area is 238 Å². The average Bonchev–Trinajstić information content (AvgIpc) is 2.93. The second-order valence-corrected chi connectivity index (χ2v) is 11.6. The molecule has 3 atom stereocenters. The average molecular weight is 552 g/mol. The van der Waals surface area contributed by atoms with Crippen LogP contribution in [0.3, 0.4) is 0 Å². The number of phenols is 1. The molecule has 0 saturated carbocycles. The summed E-state index contributed by atoms with van der Waals surface area (Å²) in [7, 11) is 1.30. The molecule has 0 aliphatic carbocycles. The number of piperidine rings is 1. The van der Waals surface area contributed by atoms with E-state index in [4.69, 9.17) is 4.74 Å². The van der Waals surface area contributed by atoms with Crippen molar-refractivity contribution in [3.05, 3.63) is 60.2 Å². The van der Waals surface area contributed by atoms with Crippen LogP contribution in [0.5, 0.6) is 5.75 Å². The van der Waals surface area contributed by atoms with Crippen LogP contribution in [-0.4, -0.2) is 67.1 Å². The number of carbonyl (C=O) groups is 3. The van der Waals surface area contributed by atoms with Crippen LogP contribution < -0.4 is 10.2 Å². The van der Waals surface area contributed by atoms with E-state index in [-0.39, 0.29) is 36.0 Å². The molecule has 2 unspecified atom stereocenters. The highest BCUT2D eigenvalue weighted by Crippen LogP contribution is 2.40. The van der Waals surface area contributed by atoms with Crippen molar-refractivity contribution in [1.82, 2.24) is 10.2 Å². The molecule has 0 aromatic heterocycles. The van der Waals surface area contributed by atoms with Crippen LogP contribution >= 0.6 is 0 Å². The highest BCUT2D eigenvalue weighted by atomic mass is 16.5. The van der Waals surface area contributed by atoms with Gasteiger partial charge in [-0.2, -0.15) is 0 Å². The van der Waals surface area contributed by atoms with Gasteiger partial charge in [-0.3, -0.25) is 9.59 Å². The van der Waals surface area contributed by atoms with E-state index in [1.165, 1.54) is 7.11 Å². The van der Waals surface area contributed by atoms with Gasteiger partial charge in [0, 0.05) is 38.2 Å². The maximum absolute atomic E-state index is 13.4. The van der Waals surface area contributed by atoms with E-state index in [2.05, 4.69) is 30.1 Å². The Bertz CT molecular complexity index is 1140. The molecule has 3 rings (SSSR count). The number of aromatic hydroxyl groups is 1. The molecule has 1 heterocycles. The molecular weight excluding hydrogens is 506 g/mol. The minimum absolute atomic E-state index is 0.00319. The SMILES string of the molecule is COC(=O)[C@H](CC(C)C)NC(=O)CCC(=O)N(CCN1CCC(C)(c2cccc(O)c2)C(C)C1)c1ccccc1. The molecule has 2 N–H and O–H groups in total. The highest BCUT2D eigenvalue weighted by molar-refractivity contribution is 5.95. The second kappa shape index (κ2) is 14.3. The number of esters is 1. The minimum atomic E-state index is -0.718. The van der Waals surface area contributed by atoms with Gasteiger partial charge < -0.3 is 25.0 Å². The topological polar surface area (TPSA) is 99.2 Å². The van der Waals surface area contributed by atoms with E-state index in [1.54, 1.807) is 11.0 Å². The fraction of sp³-hybridized carbons (Fsp3) is 0.531. The van der Waals surface area contributed by atoms with Crippen molar-refractivity contribution < 1.29 is 24.2 Å². The number of para-hydroxylation sites is 1. The summed E-state index contributed by atoms with van der Waals surface area (Å²) in [5, 5.41) is 12.7. The first-order chi connectivity index (χ1) is 19.0. The van der Waals surface area contributed by atoms with Gasteiger partial charge >= 0.3 is 5.97 Å². The van der Waals surface area contributed by atoms with Crippen molar-refractivity contribution in [2.24, 2.45) is 11.8 Å². The van der Waals surface area contributed by atoms with Gasteiger partial charge in [-0.25, -0.2) is 4.79 Å². The molecule has 40 heavy (non-hydrogen) atoms. The number of benzene rings is 2. The van der Waals surface area contributed by atoms with Crippen LogP contribution in [0.2, 0.25) is 0 Å². The molecular formula is C32H45N3O5. The van der Waals surface area contributed by atoms with Crippen LogP contribution in [-0.2, 0) is 24.5 Å². The predicted octanol–water partition coefficient (Wildman–Crippen LogP) is 4.51. The fourth-order valence-electron chi connectivity index (χ4n) is 5.51. The summed E-state index contributed by atoms with van der Waals surface area (Å²) in [6.07, 6.45) is 1.47. The monoisotopic (exact) mass is 551 g/mol. The first kappa shape index (κ1) is 31.1. The normalized spacial score (nSPS) is 20.1. The summed E-state index contributed by atoms with van der Waals surface area (Å²) in [4.78, 5) is 42.2. The van der Waals surface area contributed by atoms with Gasteiger partial charge in [0.2, 0.25) is 11.8 Å². The Kier molecular flexibility index (Phi) is 11.1. The van der Waals surface area contributed by atoms with Crippen LogP contribution in [0.25, 0.3) is 0 Å². The molecule has 0 spiro atoms. The van der Waals surface area contributed by atoms with Crippen molar-refractivity contribution >= 4 is 23.5 Å². The maximum atomic E-state index is 13.4. The first-order valence-corrected chi connectivity index (χ1v) is 14.3. The number of nitrogens with one attached hydrogen (secondary N) is 1. The number of amides is 2. The molecule has 1 fully saturated rings. The molecule has 1 aliphatic rings. The zero-order valence-corrected chi connectivity index (χ0v) is 24.6. The lowest BCUT2D eigenvalue weighted by atomic mass is 9.68. The van der Waals surface area contributed by atoms with Crippen LogP contribution in [0.15, 0.2) is 54.6 Å². The number of anilines is 1. The Morgan fingerprint density at radius 3 is 2.48 bits per heavy atom. The Balaban J connectivity index is 1.60. The summed E-state index contributed by atoms with van der Waals surface area (Å²) < 4.78 is 4.83. The predicted molar refractivity (Wildman–Crippen MR) is 157 cm³/mol. The van der Waals surface area contributed by atoms with Crippen LogP contribution in [0.4, 0.5) is 5.69 Å². The second-order valence-electron chi connectivity index (χ2n) is 11.6. The van der Waals surface area contributed by atoms with E-state index < -0.39 is 12.0 Å². The molecule has 8 nitrogen and oxygen atoms in total. The number of carbonyl (C=O) groups excluding carboxylic acids is 3. The maximum Gasteiger partial charge on any atom is 0.328 e. The first-order valence-electron chi connectivity index (χ1n) is 14.3. The molecule has 1 saturated heterocycles. The van der Waals surface area contributed by atoms with Gasteiger partial charge in [0.15, 0.2) is 0 Å². The molecule has 2 aromatic carbocycles. The molecule has 218 valence electrons. The van der Waals surface area contributed by atoms with Gasteiger partial charge in [-0.05, 0) is 66.5 Å². The van der Waals surface area contributed by atoms with Crippen molar-refractivity contribution in [1.29, 1.82) is 0 Å². The van der Waals surface area contributed by atoms with Crippen molar-refractivity contribution in [3.63, 3.8) is 0 Å². The highest BCUT2D eigenvalue weighted by Gasteiger charge is 2.38. The fourth-order valence-corrected chi connectivity index (χ4v) is 5.51. The Morgan fingerprint density at radius 2 is 1.85 bits per heavy atom. The number of nitrogens with zero attached hydrogens (tertiary/aromatic N) is 2. The van der Waals surface area contributed by atoms with Gasteiger partial charge in [0.1, 0.15) is 11.8 Å². The number of phenolic OH excluding ortho intramolecular Hbond substituents is 1. The molecule has 0 bridgehead atoms. The molecule has 0 radical (unpaired) electrons. The van der Waals surface area contributed by atoms with Crippen LogP contribution in [0.1, 0.15) is 58.9 Å². The lowest BCUT2D eigenvalue weighted by Gasteiger charge is -2.45. The lowest BCUT2D eigenvalue weighted by molar-refractivity contribution is -0.145. The Morgan fingerprint density at radius 1 is 1.12 bits per heavy atom. The smallest absolute Gasteiger partial charge is 0.328 e. The summed E-state index contributed by atoms with van der Waals surface area (Å²) in [6.45, 7) is 11.5. The standard InChI is InChI=1S/C32H45N3O5/c1-23(2)20-28(31(39)40-5)33-29(37)14-15-30(38)35(26-11-7-6-8-12-26)19-18-34-17-16-32(4,24(3)22-34)25-10-9-13-27(36)21-25/h6-13,21,23-24,28,36H,14-20,22H2,1-5H3,(H,33,37)/t24?,28-,32?/m0/s1. The quantitative estimate of drug-likeness (QED) is 0.377. The number of hydrogen-bond donors (Lipinski definition) is 2. The van der Waals surface area contributed by atoms with E-state index >= 15 is 0 Å². The van der Waals surface area contributed by atoms with Crippen LogP contribution in [0, 0.1) is 11.8 Å². The number of hydrogen-bond acceptors (Lipinski definition) is 6. The van der Waals surface area contributed by atoms with Crippen molar-refractivity contribution in [2.75, 3.05) is 38.2 Å². The summed E-state index contributed by atoms with van der Waals surface area (Å²) in [5.41, 5.74) is 1.92. The number of ether oxygens (including phenoxy) is 1. The summed E-state index contributed by atoms with van der Waals surface area (Å²) in [5.74, 6) is -0.0889. The Hall–Kier alpha value is -3.39. The van der Waals surface area contributed by atoms with Crippen molar-refractivity contribution in [3.8, 4) is 5.75 Å². The third-order valence-electron chi connectivity index (χ3n) is 8.18. The molecule has 8 heteroatoms. The lowest BCUT2D eigenvalue weighted by Crippen LogP contribution is -2.49. The van der Waals surface area contributed by atoms with E-state index in [0.717, 1.165) is 30.8 Å². The minimum Gasteiger partial charge on any atom is -0.508 e. The van der Waals surface area contributed by atoms with E-state index in [1.807, 2.05) is 56.3 Å². The van der Waals surface area contributed by atoms with Crippen molar-refractivity contribution in [2.45, 2.75) is 64.8 Å². The van der Waals surface area contributed by atoms with Gasteiger partial charge in [-0.15, -0.1) is 0 Å². The summed E-state index contributed by atoms with van der Waals surface area (Å²) >= 11 is 0. The third kappa shape index (κ3) is 8.31. The zero-order valence-electron chi connectivity index (χ0n) is 24.6. The summed E-state index contributed by atoms with van der Waals surface area (Å²) in [6, 6.07) is 16.4.